The summed E-state index contributed by atoms with van der Waals surface area (Å²) in [6.45, 7) is 14.0. The molecule has 0 spiro atoms. The number of hydrogen-bond acceptors (Lipinski definition) is 15. The molecule has 0 aliphatic heterocycles. The SMILES string of the molecule is CC(C)CCCCCCCCCCCCCCCCCCCCC(=O)OC[C@H](COP(=O)(O)OCC(O)COP(=O)(O)OC[C@@H](COC(=O)CCCCCCCCCC(C)C)OC(=O)CCCCCCCCCC(C)C)OC(=O)CCCCCCCCCC(C)C. The minimum Gasteiger partial charge on any atom is -0.462 e. The molecule has 0 fully saturated rings. The first kappa shape index (κ1) is 89.1. The van der Waals surface area contributed by atoms with Crippen molar-refractivity contribution in [1.29, 1.82) is 0 Å². The molecule has 0 aromatic carbocycles. The third-order valence-electron chi connectivity index (χ3n) is 16.6. The molecule has 91 heavy (non-hydrogen) atoms. The van der Waals surface area contributed by atoms with Gasteiger partial charge >= 0.3 is 39.5 Å². The number of ether oxygens (including phenoxy) is 4. The monoisotopic (exact) mass is 1340 g/mol. The van der Waals surface area contributed by atoms with Gasteiger partial charge < -0.3 is 33.8 Å². The predicted molar refractivity (Wildman–Crippen MR) is 367 cm³/mol. The molecule has 3 unspecified atom stereocenters. The van der Waals surface area contributed by atoms with E-state index in [1.54, 1.807) is 0 Å². The van der Waals surface area contributed by atoms with Crippen LogP contribution in [0.15, 0.2) is 0 Å². The molecule has 0 bridgehead atoms. The maximum absolute atomic E-state index is 13.0. The number of aliphatic hydroxyl groups is 1. The van der Waals surface area contributed by atoms with Crippen molar-refractivity contribution < 1.29 is 80.2 Å². The second kappa shape index (κ2) is 61.6. The van der Waals surface area contributed by atoms with Gasteiger partial charge in [-0.15, -0.1) is 0 Å². The summed E-state index contributed by atoms with van der Waals surface area (Å²) >= 11 is 0. The van der Waals surface area contributed by atoms with Crippen LogP contribution in [-0.2, 0) is 65.4 Å². The number of rotatable bonds is 69. The quantitative estimate of drug-likeness (QED) is 0.0222. The Morgan fingerprint density at radius 3 is 0.681 bits per heavy atom. The fraction of sp³-hybridized carbons (Fsp3) is 0.944. The zero-order valence-electron chi connectivity index (χ0n) is 59.5. The van der Waals surface area contributed by atoms with Crippen molar-refractivity contribution in [2.24, 2.45) is 23.7 Å². The maximum atomic E-state index is 13.0. The van der Waals surface area contributed by atoms with Crippen molar-refractivity contribution in [2.75, 3.05) is 39.6 Å². The van der Waals surface area contributed by atoms with E-state index in [0.29, 0.717) is 43.4 Å². The van der Waals surface area contributed by atoms with Gasteiger partial charge in [-0.3, -0.25) is 37.3 Å². The second-order valence-electron chi connectivity index (χ2n) is 27.9. The number of esters is 4. The molecule has 0 aromatic heterocycles. The number of carbonyl (C=O) groups excluding carboxylic acids is 4. The van der Waals surface area contributed by atoms with Gasteiger partial charge in [-0.2, -0.15) is 0 Å². The lowest BCUT2D eigenvalue weighted by atomic mass is 10.0. The third-order valence-corrected chi connectivity index (χ3v) is 18.5. The lowest BCUT2D eigenvalue weighted by molar-refractivity contribution is -0.161. The average Bonchev–Trinajstić information content (AvgIpc) is 3.28. The molecule has 540 valence electrons. The van der Waals surface area contributed by atoms with Crippen LogP contribution in [0.4, 0.5) is 0 Å². The van der Waals surface area contributed by atoms with Crippen LogP contribution in [0, 0.1) is 23.7 Å². The minimum atomic E-state index is -4.95. The van der Waals surface area contributed by atoms with E-state index >= 15 is 0 Å². The fourth-order valence-corrected chi connectivity index (χ4v) is 12.4. The van der Waals surface area contributed by atoms with E-state index in [4.69, 9.17) is 37.0 Å². The summed E-state index contributed by atoms with van der Waals surface area (Å²) in [4.78, 5) is 72.5. The standard InChI is InChI=1S/C72H140O17P2/c1-62(2)48-40-32-24-19-17-15-13-11-9-10-12-14-16-18-20-28-36-44-52-69(74)82-58-67(88-71(76)54-46-38-30-22-26-34-42-50-64(5)6)60-86-90(78,79)84-56-66(73)57-85-91(80,81)87-61-68(89-72(77)55-47-39-31-23-27-35-43-51-65(7)8)59-83-70(75)53-45-37-29-21-25-33-41-49-63(3)4/h62-68,73H,9-61H2,1-8H3,(H,78,79)(H,80,81)/t66?,67-,68-/m1/s1. The molecular weight excluding hydrogens is 1200 g/mol. The van der Waals surface area contributed by atoms with Gasteiger partial charge in [0.25, 0.3) is 0 Å². The van der Waals surface area contributed by atoms with Gasteiger partial charge in [0, 0.05) is 25.7 Å². The molecule has 3 N–H and O–H groups in total. The van der Waals surface area contributed by atoms with Crippen LogP contribution in [0.5, 0.6) is 0 Å². The number of phosphoric acid groups is 2. The smallest absolute Gasteiger partial charge is 0.462 e. The molecule has 0 radical (unpaired) electrons. The van der Waals surface area contributed by atoms with Crippen LogP contribution >= 0.6 is 15.6 Å². The van der Waals surface area contributed by atoms with E-state index in [9.17, 15) is 43.2 Å². The molecule has 0 amide bonds. The minimum absolute atomic E-state index is 0.102. The summed E-state index contributed by atoms with van der Waals surface area (Å²) in [6, 6.07) is 0. The van der Waals surface area contributed by atoms with Gasteiger partial charge in [0.1, 0.15) is 19.3 Å². The van der Waals surface area contributed by atoms with Crippen LogP contribution in [0.3, 0.4) is 0 Å². The van der Waals surface area contributed by atoms with Gasteiger partial charge in [-0.05, 0) is 49.4 Å². The fourth-order valence-electron chi connectivity index (χ4n) is 10.8. The molecule has 0 aromatic rings. The summed E-state index contributed by atoms with van der Waals surface area (Å²) in [6.07, 6.45) is 44.9. The highest BCUT2D eigenvalue weighted by atomic mass is 31.2. The Morgan fingerprint density at radius 2 is 0.462 bits per heavy atom. The number of unbranched alkanes of at least 4 members (excludes halogenated alkanes) is 35. The Hall–Kier alpha value is -1.94. The Morgan fingerprint density at radius 1 is 0.275 bits per heavy atom. The van der Waals surface area contributed by atoms with Crippen molar-refractivity contribution in [3.8, 4) is 0 Å². The zero-order chi connectivity index (χ0) is 67.5. The second-order valence-corrected chi connectivity index (χ2v) is 30.8. The first-order chi connectivity index (χ1) is 43.6. The van der Waals surface area contributed by atoms with Crippen molar-refractivity contribution in [3.05, 3.63) is 0 Å². The Bertz CT molecular complexity index is 1800. The molecule has 17 nitrogen and oxygen atoms in total. The van der Waals surface area contributed by atoms with Crippen LogP contribution in [0.1, 0.15) is 357 Å². The normalized spacial score (nSPS) is 14.2. The van der Waals surface area contributed by atoms with E-state index < -0.39 is 97.5 Å². The van der Waals surface area contributed by atoms with Crippen molar-refractivity contribution in [2.45, 2.75) is 375 Å². The molecule has 0 rings (SSSR count). The molecule has 0 aliphatic rings. The molecule has 0 heterocycles. The van der Waals surface area contributed by atoms with Crippen LogP contribution in [0.2, 0.25) is 0 Å². The highest BCUT2D eigenvalue weighted by Crippen LogP contribution is 2.45. The van der Waals surface area contributed by atoms with Crippen LogP contribution in [-0.4, -0.2) is 96.7 Å². The number of carbonyl (C=O) groups is 4. The third kappa shape index (κ3) is 66.5. The summed E-state index contributed by atoms with van der Waals surface area (Å²) < 4.78 is 68.2. The van der Waals surface area contributed by atoms with Crippen molar-refractivity contribution in [3.63, 3.8) is 0 Å². The first-order valence-electron chi connectivity index (χ1n) is 37.2. The maximum Gasteiger partial charge on any atom is 0.472 e. The Labute approximate surface area is 556 Å². The lowest BCUT2D eigenvalue weighted by Gasteiger charge is -2.21. The van der Waals surface area contributed by atoms with Gasteiger partial charge in [0.15, 0.2) is 12.2 Å². The average molecular weight is 1340 g/mol. The molecule has 5 atom stereocenters. The van der Waals surface area contributed by atoms with Crippen LogP contribution in [0.25, 0.3) is 0 Å². The highest BCUT2D eigenvalue weighted by Gasteiger charge is 2.30. The summed E-state index contributed by atoms with van der Waals surface area (Å²) in [7, 11) is -9.90. The van der Waals surface area contributed by atoms with Crippen molar-refractivity contribution >= 4 is 39.5 Å². The number of aliphatic hydroxyl groups excluding tert-OH is 1. The predicted octanol–water partition coefficient (Wildman–Crippen LogP) is 20.5. The van der Waals surface area contributed by atoms with Gasteiger partial charge in [-0.1, -0.05) is 306 Å². The Balaban J connectivity index is 5.12. The van der Waals surface area contributed by atoms with E-state index in [2.05, 4.69) is 55.4 Å². The molecule has 0 aliphatic carbocycles. The molecule has 0 saturated carbocycles. The summed E-state index contributed by atoms with van der Waals surface area (Å²) in [5.41, 5.74) is 0. The van der Waals surface area contributed by atoms with Gasteiger partial charge in [-0.25, -0.2) is 9.13 Å². The lowest BCUT2D eigenvalue weighted by Crippen LogP contribution is -2.30. The van der Waals surface area contributed by atoms with Crippen molar-refractivity contribution in [1.82, 2.24) is 0 Å². The van der Waals surface area contributed by atoms with E-state index in [1.807, 2.05) is 0 Å². The molecule has 19 heteroatoms. The number of phosphoric ester groups is 2. The van der Waals surface area contributed by atoms with E-state index in [1.165, 1.54) is 154 Å². The zero-order valence-corrected chi connectivity index (χ0v) is 61.3. The van der Waals surface area contributed by atoms with Gasteiger partial charge in [0.05, 0.1) is 26.4 Å². The topological polar surface area (TPSA) is 237 Å². The van der Waals surface area contributed by atoms with Crippen LogP contribution < -0.4 is 0 Å². The first-order valence-corrected chi connectivity index (χ1v) is 40.2. The summed E-state index contributed by atoms with van der Waals surface area (Å²) in [5, 5.41) is 10.6. The van der Waals surface area contributed by atoms with E-state index in [-0.39, 0.29) is 25.7 Å². The van der Waals surface area contributed by atoms with E-state index in [0.717, 1.165) is 102 Å². The molecule has 0 saturated heterocycles. The number of hydrogen-bond donors (Lipinski definition) is 3. The summed E-state index contributed by atoms with van der Waals surface area (Å²) in [5.74, 6) is 0.786. The highest BCUT2D eigenvalue weighted by molar-refractivity contribution is 7.47. The largest absolute Gasteiger partial charge is 0.472 e. The Kier molecular flexibility index (Phi) is 60.3. The molecular formula is C72H140O17P2. The van der Waals surface area contributed by atoms with Gasteiger partial charge in [0.2, 0.25) is 0 Å².